The lowest BCUT2D eigenvalue weighted by atomic mass is 9.91. The van der Waals surface area contributed by atoms with Crippen molar-refractivity contribution in [1.82, 2.24) is 0 Å². The highest BCUT2D eigenvalue weighted by atomic mass is 35.5. The molecule has 0 bridgehead atoms. The van der Waals surface area contributed by atoms with E-state index in [4.69, 9.17) is 17.3 Å². The summed E-state index contributed by atoms with van der Waals surface area (Å²) < 4.78 is 119. The zero-order valence-corrected chi connectivity index (χ0v) is 15.9. The van der Waals surface area contributed by atoms with E-state index in [0.717, 1.165) is 12.1 Å². The Labute approximate surface area is 174 Å². The number of aliphatic hydroxyl groups is 1. The Morgan fingerprint density at radius 1 is 0.839 bits per heavy atom. The van der Waals surface area contributed by atoms with Crippen LogP contribution < -0.4 is 11.1 Å². The molecule has 0 saturated heterocycles. The van der Waals surface area contributed by atoms with E-state index in [1.165, 1.54) is 0 Å². The van der Waals surface area contributed by atoms with Crippen LogP contribution in [0.5, 0.6) is 0 Å². The van der Waals surface area contributed by atoms with Gasteiger partial charge in [-0.1, -0.05) is 17.7 Å². The van der Waals surface area contributed by atoms with Crippen LogP contribution in [0.1, 0.15) is 22.3 Å². The van der Waals surface area contributed by atoms with Crippen molar-refractivity contribution in [3.8, 4) is 0 Å². The highest BCUT2D eigenvalue weighted by molar-refractivity contribution is 6.30. The standard InChI is InChI=1S/C18H14ClF9N2O/c19-12-4-10(3-11(5-12)16(20,21)22)15(31,18(26,27)28)8-30-13-2-1-9(7-29)14(6-13)17(23,24)25/h1-6,30-31H,7-8,29H2/t15-/m0/s1. The summed E-state index contributed by atoms with van der Waals surface area (Å²) in [5.41, 5.74) is -3.45. The van der Waals surface area contributed by atoms with Gasteiger partial charge in [0.1, 0.15) is 0 Å². The third kappa shape index (κ3) is 5.55. The maximum Gasteiger partial charge on any atom is 0.423 e. The molecule has 172 valence electrons. The zero-order valence-electron chi connectivity index (χ0n) is 15.2. The Hall–Kier alpha value is -2.18. The summed E-state index contributed by atoms with van der Waals surface area (Å²) in [5.74, 6) is 0. The maximum atomic E-state index is 13.6. The first-order valence-corrected chi connectivity index (χ1v) is 8.68. The molecule has 0 radical (unpaired) electrons. The van der Waals surface area contributed by atoms with E-state index in [1.807, 2.05) is 5.32 Å². The minimum atomic E-state index is -5.50. The molecule has 2 aromatic rings. The Morgan fingerprint density at radius 2 is 1.42 bits per heavy atom. The molecule has 2 aromatic carbocycles. The van der Waals surface area contributed by atoms with E-state index < -0.39 is 64.6 Å². The minimum Gasteiger partial charge on any atom is -0.381 e. The molecule has 4 N–H and O–H groups in total. The molecule has 0 amide bonds. The molecule has 0 heterocycles. The van der Waals surface area contributed by atoms with Crippen molar-refractivity contribution in [2.24, 2.45) is 5.73 Å². The molecule has 3 nitrogen and oxygen atoms in total. The van der Waals surface area contributed by atoms with Gasteiger partial charge in [0.15, 0.2) is 0 Å². The van der Waals surface area contributed by atoms with Gasteiger partial charge >= 0.3 is 18.5 Å². The number of alkyl halides is 9. The number of rotatable bonds is 5. The largest absolute Gasteiger partial charge is 0.423 e. The molecule has 0 unspecified atom stereocenters. The van der Waals surface area contributed by atoms with Gasteiger partial charge in [0.25, 0.3) is 0 Å². The van der Waals surface area contributed by atoms with E-state index in [1.54, 1.807) is 0 Å². The first-order valence-electron chi connectivity index (χ1n) is 8.30. The van der Waals surface area contributed by atoms with E-state index in [2.05, 4.69) is 0 Å². The number of halogens is 10. The molecule has 2 rings (SSSR count). The van der Waals surface area contributed by atoms with Gasteiger partial charge < -0.3 is 16.2 Å². The van der Waals surface area contributed by atoms with Gasteiger partial charge in [-0.3, -0.25) is 0 Å². The van der Waals surface area contributed by atoms with Crippen LogP contribution in [0.15, 0.2) is 36.4 Å². The topological polar surface area (TPSA) is 58.3 Å². The Morgan fingerprint density at radius 3 is 1.90 bits per heavy atom. The zero-order chi connectivity index (χ0) is 23.8. The normalized spacial score (nSPS) is 15.0. The summed E-state index contributed by atoms with van der Waals surface area (Å²) in [6, 6.07) is 3.34. The summed E-state index contributed by atoms with van der Waals surface area (Å²) in [4.78, 5) is 0. The lowest BCUT2D eigenvalue weighted by Crippen LogP contribution is -2.48. The van der Waals surface area contributed by atoms with Crippen molar-refractivity contribution in [2.45, 2.75) is 30.7 Å². The van der Waals surface area contributed by atoms with Crippen LogP contribution in [-0.4, -0.2) is 17.8 Å². The first kappa shape index (κ1) is 25.1. The summed E-state index contributed by atoms with van der Waals surface area (Å²) in [5, 5.41) is 11.5. The fraction of sp³-hybridized carbons (Fsp3) is 0.333. The molecule has 0 saturated carbocycles. The van der Waals surface area contributed by atoms with Crippen molar-refractivity contribution in [3.05, 3.63) is 63.7 Å². The number of nitrogens with one attached hydrogen (secondary N) is 1. The Balaban J connectivity index is 2.48. The average molecular weight is 481 g/mol. The first-order chi connectivity index (χ1) is 14.0. The van der Waals surface area contributed by atoms with E-state index in [0.29, 0.717) is 18.2 Å². The average Bonchev–Trinajstić information content (AvgIpc) is 2.63. The summed E-state index contributed by atoms with van der Waals surface area (Å²) in [6.07, 6.45) is -15.4. The van der Waals surface area contributed by atoms with Crippen molar-refractivity contribution in [1.29, 1.82) is 0 Å². The minimum absolute atomic E-state index is 0.0692. The second-order valence-corrected chi connectivity index (χ2v) is 6.95. The molecule has 0 aromatic heterocycles. The summed E-state index contributed by atoms with van der Waals surface area (Å²) in [7, 11) is 0. The highest BCUT2D eigenvalue weighted by Crippen LogP contribution is 2.42. The van der Waals surface area contributed by atoms with Gasteiger partial charge in [-0.2, -0.15) is 39.5 Å². The number of hydrogen-bond donors (Lipinski definition) is 3. The quantitative estimate of drug-likeness (QED) is 0.481. The molecule has 1 atom stereocenters. The van der Waals surface area contributed by atoms with Gasteiger partial charge in [-0.05, 0) is 41.5 Å². The van der Waals surface area contributed by atoms with Crippen LogP contribution in [0.4, 0.5) is 45.2 Å². The van der Waals surface area contributed by atoms with Crippen LogP contribution in [0.3, 0.4) is 0 Å². The molecule has 0 aliphatic carbocycles. The van der Waals surface area contributed by atoms with Gasteiger partial charge in [0, 0.05) is 17.3 Å². The second-order valence-electron chi connectivity index (χ2n) is 6.51. The SMILES string of the molecule is NCc1ccc(NC[C@](O)(c2cc(Cl)cc(C(F)(F)F)c2)C(F)(F)F)cc1C(F)(F)F. The molecule has 0 aliphatic rings. The van der Waals surface area contributed by atoms with Crippen LogP contribution in [0.25, 0.3) is 0 Å². The molecule has 13 heteroatoms. The van der Waals surface area contributed by atoms with Crippen molar-refractivity contribution < 1.29 is 44.6 Å². The van der Waals surface area contributed by atoms with E-state index in [9.17, 15) is 44.6 Å². The van der Waals surface area contributed by atoms with Crippen LogP contribution in [0.2, 0.25) is 5.02 Å². The lowest BCUT2D eigenvalue weighted by molar-refractivity contribution is -0.260. The van der Waals surface area contributed by atoms with Crippen molar-refractivity contribution in [2.75, 3.05) is 11.9 Å². The highest BCUT2D eigenvalue weighted by Gasteiger charge is 2.55. The van der Waals surface area contributed by atoms with Crippen LogP contribution in [-0.2, 0) is 24.5 Å². The molecular weight excluding hydrogens is 467 g/mol. The van der Waals surface area contributed by atoms with Gasteiger partial charge in [-0.25, -0.2) is 0 Å². The number of benzene rings is 2. The monoisotopic (exact) mass is 480 g/mol. The Kier molecular flexibility index (Phi) is 6.79. The molecular formula is C18H14ClF9N2O. The molecule has 0 aliphatic heterocycles. The fourth-order valence-corrected chi connectivity index (χ4v) is 2.95. The van der Waals surface area contributed by atoms with Gasteiger partial charge in [0.2, 0.25) is 5.60 Å². The van der Waals surface area contributed by atoms with E-state index >= 15 is 0 Å². The smallest absolute Gasteiger partial charge is 0.381 e. The van der Waals surface area contributed by atoms with Gasteiger partial charge in [0.05, 0.1) is 17.7 Å². The van der Waals surface area contributed by atoms with E-state index in [-0.39, 0.29) is 11.6 Å². The number of hydrogen-bond acceptors (Lipinski definition) is 3. The second kappa shape index (κ2) is 8.40. The summed E-state index contributed by atoms with van der Waals surface area (Å²) >= 11 is 5.50. The molecule has 0 fully saturated rings. The Bertz CT molecular complexity index is 941. The third-order valence-corrected chi connectivity index (χ3v) is 4.57. The van der Waals surface area contributed by atoms with Crippen LogP contribution in [0, 0.1) is 0 Å². The maximum absolute atomic E-state index is 13.6. The molecule has 0 spiro atoms. The van der Waals surface area contributed by atoms with Crippen LogP contribution >= 0.6 is 11.6 Å². The molecule has 31 heavy (non-hydrogen) atoms. The van der Waals surface area contributed by atoms with Gasteiger partial charge in [-0.15, -0.1) is 0 Å². The predicted octanol–water partition coefficient (Wildman–Crippen LogP) is 5.70. The number of anilines is 1. The predicted molar refractivity (Wildman–Crippen MR) is 94.2 cm³/mol. The van der Waals surface area contributed by atoms with Crippen molar-refractivity contribution >= 4 is 17.3 Å². The lowest BCUT2D eigenvalue weighted by Gasteiger charge is -2.32. The summed E-state index contributed by atoms with van der Waals surface area (Å²) in [6.45, 7) is -1.99. The number of nitrogens with two attached hydrogens (primary N) is 1. The van der Waals surface area contributed by atoms with Crippen molar-refractivity contribution in [3.63, 3.8) is 0 Å². The third-order valence-electron chi connectivity index (χ3n) is 4.36. The fourth-order valence-electron chi connectivity index (χ4n) is 2.72.